The Hall–Kier alpha value is -0.830. The Morgan fingerprint density at radius 1 is 0.885 bits per heavy atom. The lowest BCUT2D eigenvalue weighted by molar-refractivity contribution is -0.144. The van der Waals surface area contributed by atoms with E-state index >= 15 is 0 Å². The van der Waals surface area contributed by atoms with Crippen molar-refractivity contribution in [1.82, 2.24) is 0 Å². The van der Waals surface area contributed by atoms with Gasteiger partial charge in [-0.3, -0.25) is 14.1 Å². The molecule has 0 bridgehead atoms. The van der Waals surface area contributed by atoms with Crippen LogP contribution in [0.5, 0.6) is 0 Å². The van der Waals surface area contributed by atoms with Gasteiger partial charge in [0.05, 0.1) is 0 Å². The molecule has 0 fully saturated rings. The first-order valence-corrected chi connectivity index (χ1v) is 10.9. The van der Waals surface area contributed by atoms with Gasteiger partial charge in [0.1, 0.15) is 11.2 Å². The van der Waals surface area contributed by atoms with Gasteiger partial charge in [-0.05, 0) is 25.7 Å². The van der Waals surface area contributed by atoms with Gasteiger partial charge in [-0.25, -0.2) is 0 Å². The molecular weight excluding hydrogens is 360 g/mol. The van der Waals surface area contributed by atoms with Gasteiger partial charge in [0, 0.05) is 6.42 Å². The van der Waals surface area contributed by atoms with E-state index < -0.39 is 44.6 Å². The summed E-state index contributed by atoms with van der Waals surface area (Å²) < 4.78 is 33.0. The maximum atomic E-state index is 12.7. The SMILES string of the molecule is CCCCC(O)(CC)C(=O)CC(C(=O)C(O)(CC)CCCC)S(=O)(=O)O. The summed E-state index contributed by atoms with van der Waals surface area (Å²) in [4.78, 5) is 25.2. The van der Waals surface area contributed by atoms with Crippen molar-refractivity contribution in [2.24, 2.45) is 0 Å². The highest BCUT2D eigenvalue weighted by molar-refractivity contribution is 7.87. The van der Waals surface area contributed by atoms with E-state index in [1.165, 1.54) is 0 Å². The quantitative estimate of drug-likeness (QED) is 0.386. The van der Waals surface area contributed by atoms with Crippen LogP contribution in [0.1, 0.15) is 85.5 Å². The van der Waals surface area contributed by atoms with Gasteiger partial charge < -0.3 is 10.2 Å². The zero-order chi connectivity index (χ0) is 20.6. The number of aliphatic hydroxyl groups is 2. The highest BCUT2D eigenvalue weighted by atomic mass is 32.2. The van der Waals surface area contributed by atoms with E-state index in [9.17, 15) is 32.8 Å². The molecule has 0 rings (SSSR count). The Labute approximate surface area is 156 Å². The molecule has 0 aromatic heterocycles. The van der Waals surface area contributed by atoms with E-state index in [2.05, 4.69) is 0 Å². The summed E-state index contributed by atoms with van der Waals surface area (Å²) in [6.07, 6.45) is 1.90. The third-order valence-corrected chi connectivity index (χ3v) is 6.16. The molecule has 0 saturated heterocycles. The van der Waals surface area contributed by atoms with E-state index in [4.69, 9.17) is 0 Å². The molecule has 0 aliphatic rings. The van der Waals surface area contributed by atoms with Gasteiger partial charge in [-0.1, -0.05) is 53.4 Å². The van der Waals surface area contributed by atoms with Crippen LogP contribution in [-0.2, 0) is 19.7 Å². The van der Waals surface area contributed by atoms with E-state index in [1.54, 1.807) is 13.8 Å². The molecule has 0 saturated carbocycles. The van der Waals surface area contributed by atoms with Crippen LogP contribution in [0.2, 0.25) is 0 Å². The van der Waals surface area contributed by atoms with Crippen LogP contribution >= 0.6 is 0 Å². The normalized spacial score (nSPS) is 18.0. The molecule has 0 aliphatic carbocycles. The standard InChI is InChI=1S/C18H34O7S/c1-5-9-11-17(21,7-3)15(19)13-14(26(23,24)25)16(20)18(22,8-4)12-10-6-2/h14,21-22H,5-13H2,1-4H3,(H,23,24,25). The molecule has 7 nitrogen and oxygen atoms in total. The van der Waals surface area contributed by atoms with Gasteiger partial charge in [-0.2, -0.15) is 8.42 Å². The number of carbonyl (C=O) groups is 2. The number of Topliss-reactive ketones (excluding diaryl/α,β-unsaturated/α-hetero) is 2. The first kappa shape index (κ1) is 25.2. The molecule has 0 radical (unpaired) electrons. The Morgan fingerprint density at radius 3 is 1.65 bits per heavy atom. The molecular formula is C18H34O7S. The van der Waals surface area contributed by atoms with Crippen LogP contribution in [0.15, 0.2) is 0 Å². The van der Waals surface area contributed by atoms with E-state index in [0.29, 0.717) is 19.3 Å². The lowest BCUT2D eigenvalue weighted by Gasteiger charge is -2.30. The number of unbranched alkanes of at least 4 members (excludes halogenated alkanes) is 2. The zero-order valence-corrected chi connectivity index (χ0v) is 17.1. The van der Waals surface area contributed by atoms with Crippen molar-refractivity contribution in [3.05, 3.63) is 0 Å². The lowest BCUT2D eigenvalue weighted by Crippen LogP contribution is -2.50. The number of carbonyl (C=O) groups excluding carboxylic acids is 2. The van der Waals surface area contributed by atoms with Crippen molar-refractivity contribution in [2.45, 2.75) is 102 Å². The summed E-state index contributed by atoms with van der Waals surface area (Å²) in [5.41, 5.74) is -3.67. The number of rotatable bonds is 14. The summed E-state index contributed by atoms with van der Waals surface area (Å²) >= 11 is 0. The van der Waals surface area contributed by atoms with Gasteiger partial charge in [0.15, 0.2) is 16.8 Å². The monoisotopic (exact) mass is 394 g/mol. The van der Waals surface area contributed by atoms with E-state index in [-0.39, 0.29) is 25.7 Å². The first-order chi connectivity index (χ1) is 11.9. The van der Waals surface area contributed by atoms with E-state index in [1.807, 2.05) is 13.8 Å². The predicted molar refractivity (Wildman–Crippen MR) is 99.5 cm³/mol. The second kappa shape index (κ2) is 10.5. The molecule has 8 heteroatoms. The van der Waals surface area contributed by atoms with Crippen LogP contribution in [0.3, 0.4) is 0 Å². The van der Waals surface area contributed by atoms with Crippen LogP contribution in [0.4, 0.5) is 0 Å². The Morgan fingerprint density at radius 2 is 1.31 bits per heavy atom. The third-order valence-electron chi connectivity index (χ3n) is 5.06. The summed E-state index contributed by atoms with van der Waals surface area (Å²) in [5.74, 6) is -1.89. The largest absolute Gasteiger partial charge is 0.382 e. The predicted octanol–water partition coefficient (Wildman–Crippen LogP) is 2.43. The highest BCUT2D eigenvalue weighted by Gasteiger charge is 2.46. The fourth-order valence-corrected chi connectivity index (χ4v) is 3.77. The van der Waals surface area contributed by atoms with Crippen LogP contribution in [-0.4, -0.2) is 51.2 Å². The van der Waals surface area contributed by atoms with Crippen LogP contribution in [0.25, 0.3) is 0 Å². The van der Waals surface area contributed by atoms with Crippen molar-refractivity contribution in [3.8, 4) is 0 Å². The fourth-order valence-electron chi connectivity index (χ4n) is 2.92. The molecule has 0 aromatic carbocycles. The van der Waals surface area contributed by atoms with Crippen molar-refractivity contribution in [1.29, 1.82) is 0 Å². The van der Waals surface area contributed by atoms with Crippen LogP contribution < -0.4 is 0 Å². The molecule has 0 spiro atoms. The van der Waals surface area contributed by atoms with Crippen molar-refractivity contribution in [2.75, 3.05) is 0 Å². The molecule has 0 amide bonds. The Bertz CT molecular complexity index is 572. The smallest absolute Gasteiger partial charge is 0.275 e. The first-order valence-electron chi connectivity index (χ1n) is 9.40. The number of hydrogen-bond donors (Lipinski definition) is 3. The summed E-state index contributed by atoms with van der Waals surface area (Å²) in [6.45, 7) is 6.89. The van der Waals surface area contributed by atoms with Crippen LogP contribution in [0, 0.1) is 0 Å². The molecule has 3 unspecified atom stereocenters. The Balaban J connectivity index is 5.65. The second-order valence-electron chi connectivity index (χ2n) is 6.97. The minimum Gasteiger partial charge on any atom is -0.382 e. The summed E-state index contributed by atoms with van der Waals surface area (Å²) in [7, 11) is -4.91. The molecule has 0 heterocycles. The minimum absolute atomic E-state index is 0.0279. The number of hydrogen-bond acceptors (Lipinski definition) is 6. The summed E-state index contributed by atoms with van der Waals surface area (Å²) in [6, 6.07) is 0. The minimum atomic E-state index is -4.91. The molecule has 0 aliphatic heterocycles. The maximum Gasteiger partial charge on any atom is 0.275 e. The van der Waals surface area contributed by atoms with Gasteiger partial charge in [-0.15, -0.1) is 0 Å². The zero-order valence-electron chi connectivity index (χ0n) is 16.3. The maximum absolute atomic E-state index is 12.7. The fraction of sp³-hybridized carbons (Fsp3) is 0.889. The van der Waals surface area contributed by atoms with E-state index in [0.717, 1.165) is 6.42 Å². The molecule has 0 aromatic rings. The highest BCUT2D eigenvalue weighted by Crippen LogP contribution is 2.28. The second-order valence-corrected chi connectivity index (χ2v) is 8.57. The average Bonchev–Trinajstić information content (AvgIpc) is 2.60. The topological polar surface area (TPSA) is 129 Å². The third kappa shape index (κ3) is 6.72. The Kier molecular flexibility index (Phi) is 10.2. The average molecular weight is 395 g/mol. The number of ketones is 2. The van der Waals surface area contributed by atoms with Crippen molar-refractivity contribution >= 4 is 21.7 Å². The van der Waals surface area contributed by atoms with Gasteiger partial charge in [0.25, 0.3) is 10.1 Å². The summed E-state index contributed by atoms with van der Waals surface area (Å²) in [5, 5.41) is 19.0. The molecule has 154 valence electrons. The van der Waals surface area contributed by atoms with Gasteiger partial charge >= 0.3 is 0 Å². The molecule has 26 heavy (non-hydrogen) atoms. The van der Waals surface area contributed by atoms with Crippen molar-refractivity contribution < 1.29 is 32.8 Å². The molecule has 3 N–H and O–H groups in total. The lowest BCUT2D eigenvalue weighted by atomic mass is 9.83. The van der Waals surface area contributed by atoms with Gasteiger partial charge in [0.2, 0.25) is 0 Å². The molecule has 3 atom stereocenters. The van der Waals surface area contributed by atoms with Crippen molar-refractivity contribution in [3.63, 3.8) is 0 Å².